The lowest BCUT2D eigenvalue weighted by molar-refractivity contribution is 0.0744. The number of aromatic nitrogens is 1. The maximum absolute atomic E-state index is 15.2. The molecule has 0 radical (unpaired) electrons. The smallest absolute Gasteiger partial charge is 0.408 e. The molecule has 0 saturated carbocycles. The molecule has 0 aliphatic heterocycles. The van der Waals surface area contributed by atoms with E-state index in [0.29, 0.717) is 5.56 Å². The molecule has 1 aromatic carbocycles. The molecule has 170 valence electrons. The molecule has 1 heterocycles. The van der Waals surface area contributed by atoms with Crippen LogP contribution in [0.2, 0.25) is 5.02 Å². The fourth-order valence-electron chi connectivity index (χ4n) is 3.43. The summed E-state index contributed by atoms with van der Waals surface area (Å²) in [6.45, 7) is 8.74. The summed E-state index contributed by atoms with van der Waals surface area (Å²) >= 11 is 6.18. The van der Waals surface area contributed by atoms with Crippen LogP contribution in [0.5, 0.6) is 5.75 Å². The van der Waals surface area contributed by atoms with Gasteiger partial charge in [-0.2, -0.15) is 0 Å². The largest absolute Gasteiger partial charge is 0.493 e. The molecule has 10 heteroatoms. The second-order valence-electron chi connectivity index (χ2n) is 8.08. The number of carboxylic acid groups (broad SMARTS) is 1. The summed E-state index contributed by atoms with van der Waals surface area (Å²) in [5, 5.41) is 9.55. The van der Waals surface area contributed by atoms with E-state index >= 15 is 4.39 Å². The SMILES string of the molecule is CCOc1c(C(C)N(C(=O)O)C(C)(C)C)cc(Cl)c(F)c1-c1cncc(S(C)(=O)=O)c1. The Morgan fingerprint density at radius 2 is 1.94 bits per heavy atom. The summed E-state index contributed by atoms with van der Waals surface area (Å²) in [4.78, 5) is 17.0. The maximum atomic E-state index is 15.2. The van der Waals surface area contributed by atoms with Gasteiger partial charge in [0.15, 0.2) is 15.7 Å². The van der Waals surface area contributed by atoms with Crippen molar-refractivity contribution in [2.75, 3.05) is 12.9 Å². The molecule has 0 saturated heterocycles. The minimum atomic E-state index is -3.60. The molecule has 2 rings (SSSR count). The number of ether oxygens (including phenoxy) is 1. The highest BCUT2D eigenvalue weighted by atomic mass is 35.5. The molecule has 1 atom stereocenters. The van der Waals surface area contributed by atoms with Gasteiger partial charge in [0, 0.05) is 35.3 Å². The molecular formula is C21H26ClFN2O5S. The number of amides is 1. The third-order valence-corrected chi connectivity index (χ3v) is 6.04. The van der Waals surface area contributed by atoms with Crippen LogP contribution in [0.25, 0.3) is 11.1 Å². The number of pyridine rings is 1. The Morgan fingerprint density at radius 3 is 2.42 bits per heavy atom. The van der Waals surface area contributed by atoms with Gasteiger partial charge in [0.1, 0.15) is 5.75 Å². The van der Waals surface area contributed by atoms with Crippen molar-refractivity contribution >= 4 is 27.5 Å². The van der Waals surface area contributed by atoms with Crippen LogP contribution >= 0.6 is 11.6 Å². The molecule has 0 bridgehead atoms. The number of hydrogen-bond acceptors (Lipinski definition) is 5. The van der Waals surface area contributed by atoms with Crippen molar-refractivity contribution in [2.24, 2.45) is 0 Å². The molecule has 1 unspecified atom stereocenters. The number of nitrogens with zero attached hydrogens (tertiary/aromatic N) is 2. The number of carbonyl (C=O) groups is 1. The first-order valence-electron chi connectivity index (χ1n) is 9.52. The average Bonchev–Trinajstić information content (AvgIpc) is 2.62. The van der Waals surface area contributed by atoms with Gasteiger partial charge in [-0.05, 0) is 46.8 Å². The summed E-state index contributed by atoms with van der Waals surface area (Å²) in [5.74, 6) is -0.731. The first-order chi connectivity index (χ1) is 14.2. The van der Waals surface area contributed by atoms with Crippen molar-refractivity contribution in [1.29, 1.82) is 0 Å². The van der Waals surface area contributed by atoms with Gasteiger partial charge in [0.05, 0.1) is 28.1 Å². The Balaban J connectivity index is 2.86. The molecule has 0 aliphatic carbocycles. The van der Waals surface area contributed by atoms with E-state index in [1.165, 1.54) is 23.2 Å². The van der Waals surface area contributed by atoms with Crippen LogP contribution in [-0.4, -0.2) is 47.9 Å². The van der Waals surface area contributed by atoms with Gasteiger partial charge in [-0.1, -0.05) is 11.6 Å². The van der Waals surface area contributed by atoms with E-state index in [4.69, 9.17) is 16.3 Å². The minimum Gasteiger partial charge on any atom is -0.493 e. The normalized spacial score (nSPS) is 13.0. The van der Waals surface area contributed by atoms with Gasteiger partial charge in [0.2, 0.25) is 0 Å². The quantitative estimate of drug-likeness (QED) is 0.621. The van der Waals surface area contributed by atoms with E-state index in [1.54, 1.807) is 34.6 Å². The van der Waals surface area contributed by atoms with Gasteiger partial charge >= 0.3 is 6.09 Å². The van der Waals surface area contributed by atoms with Gasteiger partial charge < -0.3 is 9.84 Å². The molecule has 1 amide bonds. The number of benzene rings is 1. The zero-order chi connectivity index (χ0) is 23.7. The monoisotopic (exact) mass is 472 g/mol. The van der Waals surface area contributed by atoms with E-state index in [9.17, 15) is 18.3 Å². The fraction of sp³-hybridized carbons (Fsp3) is 0.429. The highest BCUT2D eigenvalue weighted by molar-refractivity contribution is 7.90. The highest BCUT2D eigenvalue weighted by Gasteiger charge is 2.35. The fourth-order valence-corrected chi connectivity index (χ4v) is 4.23. The number of halogens is 2. The van der Waals surface area contributed by atoms with Crippen LogP contribution in [0, 0.1) is 5.82 Å². The molecule has 7 nitrogen and oxygen atoms in total. The topological polar surface area (TPSA) is 96.8 Å². The van der Waals surface area contributed by atoms with Crippen molar-refractivity contribution in [2.45, 2.75) is 51.1 Å². The molecule has 31 heavy (non-hydrogen) atoms. The highest BCUT2D eigenvalue weighted by Crippen LogP contribution is 2.44. The summed E-state index contributed by atoms with van der Waals surface area (Å²) < 4.78 is 44.9. The zero-order valence-corrected chi connectivity index (χ0v) is 19.8. The third-order valence-electron chi connectivity index (χ3n) is 4.69. The lowest BCUT2D eigenvalue weighted by Gasteiger charge is -2.39. The summed E-state index contributed by atoms with van der Waals surface area (Å²) in [5.41, 5.74) is -0.343. The minimum absolute atomic E-state index is 0.0755. The van der Waals surface area contributed by atoms with Crippen molar-refractivity contribution in [1.82, 2.24) is 9.88 Å². The number of sulfone groups is 1. The molecule has 0 spiro atoms. The first-order valence-corrected chi connectivity index (χ1v) is 11.8. The second-order valence-corrected chi connectivity index (χ2v) is 10.5. The van der Waals surface area contributed by atoms with Gasteiger partial charge in [-0.15, -0.1) is 0 Å². The van der Waals surface area contributed by atoms with Crippen LogP contribution in [0.4, 0.5) is 9.18 Å². The van der Waals surface area contributed by atoms with Gasteiger partial charge in [-0.25, -0.2) is 17.6 Å². The maximum Gasteiger partial charge on any atom is 0.408 e. The van der Waals surface area contributed by atoms with Crippen molar-refractivity contribution in [3.05, 3.63) is 40.9 Å². The van der Waals surface area contributed by atoms with Crippen LogP contribution in [0.3, 0.4) is 0 Å². The summed E-state index contributed by atoms with van der Waals surface area (Å²) in [6.07, 6.45) is 2.33. The first kappa shape index (κ1) is 24.9. The van der Waals surface area contributed by atoms with E-state index in [1.807, 2.05) is 0 Å². The Morgan fingerprint density at radius 1 is 1.32 bits per heavy atom. The molecular weight excluding hydrogens is 447 g/mol. The average molecular weight is 473 g/mol. The second kappa shape index (κ2) is 9.00. The molecule has 2 aromatic rings. The van der Waals surface area contributed by atoms with Crippen molar-refractivity contribution in [3.8, 4) is 16.9 Å². The molecule has 1 aromatic heterocycles. The van der Waals surface area contributed by atoms with Crippen LogP contribution in [0.15, 0.2) is 29.4 Å². The predicted octanol–water partition coefficient (Wildman–Crippen LogP) is 5.18. The van der Waals surface area contributed by atoms with Crippen molar-refractivity contribution in [3.63, 3.8) is 0 Å². The molecule has 1 N–H and O–H groups in total. The molecule has 0 fully saturated rings. The zero-order valence-electron chi connectivity index (χ0n) is 18.2. The Hall–Kier alpha value is -2.39. The standard InChI is InChI=1S/C21H26ClFN2O5S/c1-7-30-19-15(12(2)25(20(26)27)21(3,4)5)9-16(22)18(23)17(19)13-8-14(11-24-10-13)31(6,28)29/h8-12H,7H2,1-6H3,(H,26,27). The Kier molecular flexibility index (Phi) is 7.22. The molecule has 0 aliphatic rings. The van der Waals surface area contributed by atoms with Gasteiger partial charge in [-0.3, -0.25) is 9.88 Å². The summed E-state index contributed by atoms with van der Waals surface area (Å²) in [6, 6.07) is 1.88. The van der Waals surface area contributed by atoms with E-state index in [2.05, 4.69) is 4.98 Å². The Bertz CT molecular complexity index is 1100. The third kappa shape index (κ3) is 5.27. The van der Waals surface area contributed by atoms with Crippen LogP contribution in [0.1, 0.15) is 46.2 Å². The van der Waals surface area contributed by atoms with Crippen LogP contribution < -0.4 is 4.74 Å². The lowest BCUT2D eigenvalue weighted by Crippen LogP contribution is -2.46. The van der Waals surface area contributed by atoms with Crippen LogP contribution in [-0.2, 0) is 9.84 Å². The Labute approximate surface area is 186 Å². The van der Waals surface area contributed by atoms with Crippen molar-refractivity contribution < 1.29 is 27.4 Å². The van der Waals surface area contributed by atoms with E-state index in [0.717, 1.165) is 12.5 Å². The number of hydrogen-bond donors (Lipinski definition) is 1. The lowest BCUT2D eigenvalue weighted by atomic mass is 9.95. The predicted molar refractivity (Wildman–Crippen MR) is 117 cm³/mol. The van der Waals surface area contributed by atoms with E-state index < -0.39 is 33.3 Å². The van der Waals surface area contributed by atoms with E-state index in [-0.39, 0.29) is 33.4 Å². The number of rotatable bonds is 6. The van der Waals surface area contributed by atoms with Gasteiger partial charge in [0.25, 0.3) is 0 Å². The summed E-state index contributed by atoms with van der Waals surface area (Å²) in [7, 11) is -3.60.